The highest BCUT2D eigenvalue weighted by Gasteiger charge is 2.26. The Kier molecular flexibility index (Phi) is 4.86. The van der Waals surface area contributed by atoms with E-state index < -0.39 is 17.5 Å². The smallest absolute Gasteiger partial charge is 0.241 e. The van der Waals surface area contributed by atoms with E-state index in [0.717, 1.165) is 31.4 Å². The Morgan fingerprint density at radius 1 is 1.25 bits per heavy atom. The molecule has 3 rings (SSSR count). The minimum absolute atomic E-state index is 0.00268. The summed E-state index contributed by atoms with van der Waals surface area (Å²) >= 11 is 0. The summed E-state index contributed by atoms with van der Waals surface area (Å²) in [6.07, 6.45) is 2.54. The molecule has 2 atom stereocenters. The van der Waals surface area contributed by atoms with Crippen LogP contribution in [0.2, 0.25) is 0 Å². The van der Waals surface area contributed by atoms with Gasteiger partial charge >= 0.3 is 0 Å². The summed E-state index contributed by atoms with van der Waals surface area (Å²) in [7, 11) is 1.87. The van der Waals surface area contributed by atoms with Crippen molar-refractivity contribution in [3.8, 4) is 11.4 Å². The van der Waals surface area contributed by atoms with Crippen molar-refractivity contribution in [3.05, 3.63) is 35.5 Å². The average Bonchev–Trinajstić information content (AvgIpc) is 3.14. The van der Waals surface area contributed by atoms with Gasteiger partial charge in [0.15, 0.2) is 17.5 Å². The molecule has 24 heavy (non-hydrogen) atoms. The monoisotopic (exact) mass is 341 g/mol. The number of aliphatic hydroxyl groups excluding tert-OH is 1. The normalized spacial score (nSPS) is 20.9. The van der Waals surface area contributed by atoms with Crippen molar-refractivity contribution in [1.82, 2.24) is 15.0 Å². The van der Waals surface area contributed by atoms with Gasteiger partial charge in [0.05, 0.1) is 12.6 Å². The second kappa shape index (κ2) is 6.90. The van der Waals surface area contributed by atoms with Crippen LogP contribution in [0.25, 0.3) is 11.4 Å². The molecule has 1 fully saturated rings. The third-order valence-corrected chi connectivity index (χ3v) is 4.28. The fourth-order valence-corrected chi connectivity index (χ4v) is 3.05. The molecular weight excluding hydrogens is 323 g/mol. The maximum Gasteiger partial charge on any atom is 0.241 e. The molecule has 1 aromatic heterocycles. The lowest BCUT2D eigenvalue weighted by atomic mass is 10.1. The van der Waals surface area contributed by atoms with Crippen LogP contribution in [0.4, 0.5) is 13.2 Å². The van der Waals surface area contributed by atoms with Gasteiger partial charge in [-0.2, -0.15) is 4.98 Å². The Morgan fingerprint density at radius 3 is 2.58 bits per heavy atom. The molecule has 130 valence electrons. The molecule has 0 aliphatic heterocycles. The van der Waals surface area contributed by atoms with Crippen molar-refractivity contribution >= 4 is 0 Å². The summed E-state index contributed by atoms with van der Waals surface area (Å²) < 4.78 is 44.6. The molecule has 1 saturated carbocycles. The summed E-state index contributed by atoms with van der Waals surface area (Å²) in [5, 5.41) is 13.5. The molecule has 0 amide bonds. The van der Waals surface area contributed by atoms with Gasteiger partial charge in [0.25, 0.3) is 0 Å². The first-order valence-electron chi connectivity index (χ1n) is 7.78. The van der Waals surface area contributed by atoms with Crippen molar-refractivity contribution in [2.75, 3.05) is 13.6 Å². The molecule has 2 unspecified atom stereocenters. The average molecular weight is 341 g/mol. The molecule has 1 aliphatic carbocycles. The largest absolute Gasteiger partial charge is 0.393 e. The van der Waals surface area contributed by atoms with Crippen LogP contribution in [0.3, 0.4) is 0 Å². The van der Waals surface area contributed by atoms with Crippen LogP contribution in [0.5, 0.6) is 0 Å². The maximum absolute atomic E-state index is 13.3. The third kappa shape index (κ3) is 3.59. The van der Waals surface area contributed by atoms with Crippen LogP contribution in [-0.4, -0.2) is 39.8 Å². The van der Waals surface area contributed by atoms with Gasteiger partial charge in [0.2, 0.25) is 11.7 Å². The van der Waals surface area contributed by atoms with Crippen molar-refractivity contribution in [1.29, 1.82) is 0 Å². The number of nitrogens with zero attached hydrogens (tertiary/aromatic N) is 3. The first kappa shape index (κ1) is 16.9. The lowest BCUT2D eigenvalue weighted by molar-refractivity contribution is 0.104. The molecule has 2 aromatic rings. The highest BCUT2D eigenvalue weighted by atomic mass is 19.2. The third-order valence-electron chi connectivity index (χ3n) is 4.28. The Hall–Kier alpha value is -1.93. The van der Waals surface area contributed by atoms with Gasteiger partial charge in [-0.3, -0.25) is 4.90 Å². The number of aromatic nitrogens is 2. The van der Waals surface area contributed by atoms with E-state index in [4.69, 9.17) is 4.52 Å². The van der Waals surface area contributed by atoms with Crippen LogP contribution in [0.1, 0.15) is 25.2 Å². The minimum Gasteiger partial charge on any atom is -0.393 e. The van der Waals surface area contributed by atoms with Crippen molar-refractivity contribution in [2.24, 2.45) is 5.92 Å². The summed E-state index contributed by atoms with van der Waals surface area (Å²) in [6, 6.07) is 1.65. The zero-order chi connectivity index (χ0) is 17.3. The molecule has 1 N–H and O–H groups in total. The molecular formula is C16H18F3N3O2. The summed E-state index contributed by atoms with van der Waals surface area (Å²) in [5.41, 5.74) is 0.00951. The van der Waals surface area contributed by atoms with Crippen molar-refractivity contribution in [3.63, 3.8) is 0 Å². The zero-order valence-corrected chi connectivity index (χ0v) is 13.2. The highest BCUT2D eigenvalue weighted by Crippen LogP contribution is 2.26. The first-order valence-corrected chi connectivity index (χ1v) is 7.78. The van der Waals surface area contributed by atoms with Gasteiger partial charge in [-0.05, 0) is 37.9 Å². The molecule has 0 bridgehead atoms. The fraction of sp³-hybridized carbons (Fsp3) is 0.500. The fourth-order valence-electron chi connectivity index (χ4n) is 3.05. The molecule has 1 heterocycles. The van der Waals surface area contributed by atoms with E-state index in [2.05, 4.69) is 10.1 Å². The summed E-state index contributed by atoms with van der Waals surface area (Å²) in [6.45, 7) is 1.04. The van der Waals surface area contributed by atoms with Crippen LogP contribution < -0.4 is 0 Å². The van der Waals surface area contributed by atoms with E-state index in [9.17, 15) is 18.3 Å². The van der Waals surface area contributed by atoms with Gasteiger partial charge in [0, 0.05) is 12.1 Å². The molecule has 0 radical (unpaired) electrons. The molecule has 5 nitrogen and oxygen atoms in total. The predicted octanol–water partition coefficient (Wildman–Crippen LogP) is 2.75. The highest BCUT2D eigenvalue weighted by molar-refractivity contribution is 5.54. The lowest BCUT2D eigenvalue weighted by Crippen LogP contribution is -2.29. The number of aliphatic hydroxyl groups is 1. The number of hydrogen-bond acceptors (Lipinski definition) is 5. The SMILES string of the molecule is CN(Cc1nc(-c2cc(F)c(F)c(F)c2)no1)CC1CCCC1O. The van der Waals surface area contributed by atoms with Gasteiger partial charge in [0.1, 0.15) is 0 Å². The van der Waals surface area contributed by atoms with Crippen LogP contribution in [-0.2, 0) is 6.54 Å². The predicted molar refractivity (Wildman–Crippen MR) is 79.3 cm³/mol. The van der Waals surface area contributed by atoms with Gasteiger partial charge in [-0.1, -0.05) is 11.6 Å². The molecule has 0 saturated heterocycles. The van der Waals surface area contributed by atoms with Gasteiger partial charge < -0.3 is 9.63 Å². The van der Waals surface area contributed by atoms with E-state index >= 15 is 0 Å². The van der Waals surface area contributed by atoms with E-state index in [1.54, 1.807) is 0 Å². The topological polar surface area (TPSA) is 62.4 Å². The van der Waals surface area contributed by atoms with Gasteiger partial charge in [-0.15, -0.1) is 0 Å². The van der Waals surface area contributed by atoms with E-state index in [-0.39, 0.29) is 29.3 Å². The number of hydrogen-bond donors (Lipinski definition) is 1. The molecule has 8 heteroatoms. The summed E-state index contributed by atoms with van der Waals surface area (Å²) in [5.74, 6) is -3.63. The molecule has 1 aliphatic rings. The van der Waals surface area contributed by atoms with E-state index in [1.807, 2.05) is 11.9 Å². The number of benzene rings is 1. The second-order valence-electron chi connectivity index (χ2n) is 6.22. The minimum atomic E-state index is -1.53. The Morgan fingerprint density at radius 2 is 1.96 bits per heavy atom. The Bertz CT molecular complexity index is 699. The van der Waals surface area contributed by atoms with Crippen molar-refractivity contribution in [2.45, 2.75) is 31.9 Å². The quantitative estimate of drug-likeness (QED) is 0.848. The maximum atomic E-state index is 13.3. The molecule has 1 aromatic carbocycles. The van der Waals surface area contributed by atoms with Gasteiger partial charge in [-0.25, -0.2) is 13.2 Å². The lowest BCUT2D eigenvalue weighted by Gasteiger charge is -2.21. The molecule has 0 spiro atoms. The number of rotatable bonds is 5. The standard InChI is InChI=1S/C16H18F3N3O2/c1-22(7-9-3-2-4-13(9)23)8-14-20-16(21-24-14)10-5-11(17)15(19)12(18)6-10/h5-6,9,13,23H,2-4,7-8H2,1H3. The Labute approximate surface area is 137 Å². The van der Waals surface area contributed by atoms with Crippen molar-refractivity contribution < 1.29 is 22.8 Å². The zero-order valence-electron chi connectivity index (χ0n) is 13.2. The summed E-state index contributed by atoms with van der Waals surface area (Å²) in [4.78, 5) is 6.03. The van der Waals surface area contributed by atoms with Crippen LogP contribution >= 0.6 is 0 Å². The second-order valence-corrected chi connectivity index (χ2v) is 6.22. The van der Waals surface area contributed by atoms with E-state index in [1.165, 1.54) is 0 Å². The van der Waals surface area contributed by atoms with Crippen LogP contribution in [0.15, 0.2) is 16.7 Å². The number of halogens is 3. The first-order chi connectivity index (χ1) is 11.4. The van der Waals surface area contributed by atoms with E-state index in [0.29, 0.717) is 13.1 Å². The Balaban J connectivity index is 1.67. The van der Waals surface area contributed by atoms with Crippen LogP contribution in [0, 0.1) is 23.4 Å².